The zero-order valence-electron chi connectivity index (χ0n) is 16.9. The van der Waals surface area contributed by atoms with Gasteiger partial charge in [-0.2, -0.15) is 8.78 Å². The predicted octanol–water partition coefficient (Wildman–Crippen LogP) is 7.80. The molecule has 0 saturated carbocycles. The number of furan rings is 1. The maximum atomic E-state index is 12.5. The third kappa shape index (κ3) is 5.98. The Morgan fingerprint density at radius 2 is 1.79 bits per heavy atom. The average Bonchev–Trinajstić information content (AvgIpc) is 3.43. The number of benzene rings is 2. The molecular weight excluding hydrogens is 533 g/mol. The molecule has 0 radical (unpaired) electrons. The quantitative estimate of drug-likeness (QED) is 0.245. The van der Waals surface area contributed by atoms with Gasteiger partial charge in [0.15, 0.2) is 16.6 Å². The number of aromatic nitrogens is 1. The van der Waals surface area contributed by atoms with Gasteiger partial charge < -0.3 is 13.9 Å². The van der Waals surface area contributed by atoms with Crippen LogP contribution in [0.15, 0.2) is 58.3 Å². The minimum Gasteiger partial charge on any atom is -0.483 e. The minimum atomic E-state index is -2.89. The molecule has 0 saturated heterocycles. The number of nitrogens with one attached hydrogen (secondary N) is 1. The van der Waals surface area contributed by atoms with Gasteiger partial charge >= 0.3 is 6.61 Å². The van der Waals surface area contributed by atoms with Crippen molar-refractivity contribution in [1.29, 1.82) is 0 Å². The van der Waals surface area contributed by atoms with Crippen LogP contribution >= 0.6 is 46.1 Å². The Bertz CT molecular complexity index is 1290. The lowest BCUT2D eigenvalue weighted by Crippen LogP contribution is -2.10. The van der Waals surface area contributed by atoms with Crippen LogP contribution < -0.4 is 14.8 Å². The van der Waals surface area contributed by atoms with Crippen molar-refractivity contribution in [3.05, 3.63) is 80.5 Å². The van der Waals surface area contributed by atoms with Crippen molar-refractivity contribution in [2.75, 3.05) is 5.32 Å². The number of nitrogens with zero attached hydrogens (tertiary/aromatic N) is 1. The number of hydrogen-bond donors (Lipinski definition) is 1. The zero-order valence-corrected chi connectivity index (χ0v) is 19.9. The maximum Gasteiger partial charge on any atom is 0.387 e. The molecule has 6 nitrogen and oxygen atoms in total. The van der Waals surface area contributed by atoms with E-state index in [4.69, 9.17) is 44.0 Å². The summed E-state index contributed by atoms with van der Waals surface area (Å²) in [5, 5.41) is 5.58. The number of alkyl halides is 2. The second-order valence-corrected chi connectivity index (χ2v) is 8.76. The van der Waals surface area contributed by atoms with Crippen LogP contribution in [0.25, 0.3) is 11.3 Å². The molecule has 176 valence electrons. The van der Waals surface area contributed by atoms with E-state index in [-0.39, 0.29) is 33.9 Å². The van der Waals surface area contributed by atoms with E-state index in [1.54, 1.807) is 23.6 Å². The van der Waals surface area contributed by atoms with Gasteiger partial charge in [-0.25, -0.2) is 4.98 Å². The van der Waals surface area contributed by atoms with E-state index in [1.807, 2.05) is 0 Å². The van der Waals surface area contributed by atoms with Gasteiger partial charge in [-0.1, -0.05) is 34.8 Å². The monoisotopic (exact) mass is 544 g/mol. The summed E-state index contributed by atoms with van der Waals surface area (Å²) in [6.45, 7) is -2.91. The minimum absolute atomic E-state index is 0.0129. The average molecular weight is 546 g/mol. The Kier molecular flexibility index (Phi) is 7.57. The second kappa shape index (κ2) is 10.6. The van der Waals surface area contributed by atoms with E-state index in [2.05, 4.69) is 15.0 Å². The Hall–Kier alpha value is -2.85. The van der Waals surface area contributed by atoms with E-state index in [0.29, 0.717) is 27.2 Å². The molecule has 0 atom stereocenters. The summed E-state index contributed by atoms with van der Waals surface area (Å²) in [5.74, 6) is 0.214. The highest BCUT2D eigenvalue weighted by molar-refractivity contribution is 7.14. The number of carbonyl (C=O) groups excluding carboxylic acids is 1. The van der Waals surface area contributed by atoms with E-state index in [0.717, 1.165) is 0 Å². The summed E-state index contributed by atoms with van der Waals surface area (Å²) < 4.78 is 40.0. The van der Waals surface area contributed by atoms with Crippen LogP contribution in [0.4, 0.5) is 13.9 Å². The van der Waals surface area contributed by atoms with Gasteiger partial charge in [0.1, 0.15) is 18.1 Å². The summed E-state index contributed by atoms with van der Waals surface area (Å²) in [7, 11) is 0. The lowest BCUT2D eigenvalue weighted by molar-refractivity contribution is -0.0498. The van der Waals surface area contributed by atoms with E-state index in [9.17, 15) is 13.6 Å². The van der Waals surface area contributed by atoms with Crippen LogP contribution in [0, 0.1) is 0 Å². The van der Waals surface area contributed by atoms with Gasteiger partial charge in [0.25, 0.3) is 5.91 Å². The highest BCUT2D eigenvalue weighted by Crippen LogP contribution is 2.36. The molecule has 12 heteroatoms. The van der Waals surface area contributed by atoms with Crippen molar-refractivity contribution in [2.45, 2.75) is 13.2 Å². The van der Waals surface area contributed by atoms with Crippen molar-refractivity contribution in [1.82, 2.24) is 4.98 Å². The standard InChI is InChI=1S/C22H13Cl3F2N2O4S/c23-12-7-15(24)19(16(25)8-12)31-9-14-5-6-18(32-14)20(30)29-22-28-17(10-34-22)11-1-3-13(4-2-11)33-21(26)27/h1-8,10,21H,9H2,(H,28,29,30). The molecular formula is C22H13Cl3F2N2O4S. The molecule has 0 spiro atoms. The maximum absolute atomic E-state index is 12.5. The first kappa shape index (κ1) is 24.3. The van der Waals surface area contributed by atoms with Crippen molar-refractivity contribution < 1.29 is 27.5 Å². The van der Waals surface area contributed by atoms with Gasteiger partial charge in [0.05, 0.1) is 15.7 Å². The van der Waals surface area contributed by atoms with Crippen LogP contribution in [0.3, 0.4) is 0 Å². The third-order valence-electron chi connectivity index (χ3n) is 4.31. The molecule has 1 N–H and O–H groups in total. The van der Waals surface area contributed by atoms with Gasteiger partial charge in [-0.05, 0) is 48.5 Å². The number of halogens is 5. The fourth-order valence-electron chi connectivity index (χ4n) is 2.82. The molecule has 0 aliphatic carbocycles. The number of anilines is 1. The van der Waals surface area contributed by atoms with Crippen LogP contribution in [0.1, 0.15) is 16.3 Å². The number of hydrogen-bond acceptors (Lipinski definition) is 6. The number of thiazole rings is 1. The summed E-state index contributed by atoms with van der Waals surface area (Å²) in [6, 6.07) is 12.1. The highest BCUT2D eigenvalue weighted by atomic mass is 35.5. The van der Waals surface area contributed by atoms with Crippen LogP contribution in [-0.4, -0.2) is 17.5 Å². The summed E-state index contributed by atoms with van der Waals surface area (Å²) >= 11 is 19.3. The summed E-state index contributed by atoms with van der Waals surface area (Å²) in [6.07, 6.45) is 0. The van der Waals surface area contributed by atoms with Crippen molar-refractivity contribution in [3.8, 4) is 22.8 Å². The number of ether oxygens (including phenoxy) is 2. The fraction of sp³-hybridized carbons (Fsp3) is 0.0909. The van der Waals surface area contributed by atoms with Crippen molar-refractivity contribution in [3.63, 3.8) is 0 Å². The molecule has 2 heterocycles. The first-order valence-corrected chi connectivity index (χ1v) is 11.5. The molecule has 2 aromatic heterocycles. The molecule has 0 bridgehead atoms. The Labute approximate surface area is 211 Å². The molecule has 2 aromatic carbocycles. The summed E-state index contributed by atoms with van der Waals surface area (Å²) in [5.41, 5.74) is 1.24. The Balaban J connectivity index is 1.36. The molecule has 4 aromatic rings. The predicted molar refractivity (Wildman–Crippen MR) is 127 cm³/mol. The fourth-order valence-corrected chi connectivity index (χ4v) is 4.46. The molecule has 0 unspecified atom stereocenters. The Morgan fingerprint density at radius 3 is 2.47 bits per heavy atom. The lowest BCUT2D eigenvalue weighted by atomic mass is 10.2. The van der Waals surface area contributed by atoms with Crippen LogP contribution in [0.5, 0.6) is 11.5 Å². The van der Waals surface area contributed by atoms with Crippen LogP contribution in [-0.2, 0) is 6.61 Å². The third-order valence-corrected chi connectivity index (χ3v) is 5.84. The topological polar surface area (TPSA) is 73.6 Å². The largest absolute Gasteiger partial charge is 0.483 e. The molecule has 34 heavy (non-hydrogen) atoms. The van der Waals surface area contributed by atoms with E-state index in [1.165, 1.54) is 41.7 Å². The van der Waals surface area contributed by atoms with Crippen molar-refractivity contribution in [2.24, 2.45) is 0 Å². The normalized spacial score (nSPS) is 11.0. The number of carbonyl (C=O) groups is 1. The van der Waals surface area contributed by atoms with Gasteiger partial charge in [0.2, 0.25) is 0 Å². The van der Waals surface area contributed by atoms with E-state index < -0.39 is 12.5 Å². The number of amides is 1. The zero-order chi connectivity index (χ0) is 24.2. The molecule has 0 aliphatic heterocycles. The van der Waals surface area contributed by atoms with Gasteiger partial charge in [-0.3, -0.25) is 10.1 Å². The molecule has 0 aliphatic rings. The summed E-state index contributed by atoms with van der Waals surface area (Å²) in [4.78, 5) is 16.9. The first-order valence-electron chi connectivity index (χ1n) is 9.46. The van der Waals surface area contributed by atoms with E-state index >= 15 is 0 Å². The Morgan fingerprint density at radius 1 is 1.09 bits per heavy atom. The van der Waals surface area contributed by atoms with Gasteiger partial charge in [0, 0.05) is 16.0 Å². The first-order chi connectivity index (χ1) is 16.3. The van der Waals surface area contributed by atoms with Crippen LogP contribution in [0.2, 0.25) is 15.1 Å². The SMILES string of the molecule is O=C(Nc1nc(-c2ccc(OC(F)F)cc2)cs1)c1ccc(COc2c(Cl)cc(Cl)cc2Cl)o1. The lowest BCUT2D eigenvalue weighted by Gasteiger charge is -2.09. The molecule has 1 amide bonds. The molecule has 4 rings (SSSR count). The number of rotatable bonds is 8. The second-order valence-electron chi connectivity index (χ2n) is 6.65. The van der Waals surface area contributed by atoms with Crippen molar-refractivity contribution >= 4 is 57.2 Å². The smallest absolute Gasteiger partial charge is 0.387 e. The van der Waals surface area contributed by atoms with Gasteiger partial charge in [-0.15, -0.1) is 11.3 Å². The molecule has 0 fully saturated rings. The highest BCUT2D eigenvalue weighted by Gasteiger charge is 2.16.